The Balaban J connectivity index is 1.65. The number of rotatable bonds is 4. The van der Waals surface area contributed by atoms with Gasteiger partial charge in [-0.15, -0.1) is 0 Å². The van der Waals surface area contributed by atoms with Crippen molar-refractivity contribution in [3.05, 3.63) is 59.2 Å². The number of carbonyl (C=O) groups excluding carboxylic acids is 1. The van der Waals surface area contributed by atoms with E-state index in [2.05, 4.69) is 5.32 Å². The molecule has 0 spiro atoms. The highest BCUT2D eigenvalue weighted by Crippen LogP contribution is 2.26. The Morgan fingerprint density at radius 2 is 1.75 bits per heavy atom. The predicted molar refractivity (Wildman–Crippen MR) is 102 cm³/mol. The molecule has 2 aromatic carbocycles. The Kier molecular flexibility index (Phi) is 5.81. The normalized spacial score (nSPS) is 16.1. The van der Waals surface area contributed by atoms with Gasteiger partial charge >= 0.3 is 0 Å². The van der Waals surface area contributed by atoms with Crippen molar-refractivity contribution in [2.75, 3.05) is 18.4 Å². The molecule has 28 heavy (non-hydrogen) atoms. The average Bonchev–Trinajstić information content (AvgIpc) is 2.67. The van der Waals surface area contributed by atoms with Gasteiger partial charge in [0.2, 0.25) is 15.9 Å². The molecule has 1 heterocycles. The molecule has 0 unspecified atom stereocenters. The van der Waals surface area contributed by atoms with Crippen LogP contribution < -0.4 is 5.32 Å². The zero-order valence-corrected chi connectivity index (χ0v) is 16.5. The number of halogens is 2. The van der Waals surface area contributed by atoms with Gasteiger partial charge in [-0.05, 0) is 62.1 Å². The largest absolute Gasteiger partial charge is 0.326 e. The summed E-state index contributed by atoms with van der Waals surface area (Å²) < 4.78 is 53.0. The predicted octanol–water partition coefficient (Wildman–Crippen LogP) is 3.62. The molecule has 1 fully saturated rings. The van der Waals surface area contributed by atoms with Crippen LogP contribution in [0.5, 0.6) is 0 Å². The maximum atomic E-state index is 13.4. The third-order valence-corrected chi connectivity index (χ3v) is 7.11. The van der Waals surface area contributed by atoms with Crippen LogP contribution in [0.2, 0.25) is 0 Å². The van der Waals surface area contributed by atoms with E-state index in [1.54, 1.807) is 0 Å². The van der Waals surface area contributed by atoms with E-state index in [0.717, 1.165) is 28.9 Å². The van der Waals surface area contributed by atoms with Gasteiger partial charge in [-0.3, -0.25) is 4.79 Å². The third kappa shape index (κ3) is 4.07. The quantitative estimate of drug-likeness (QED) is 0.840. The summed E-state index contributed by atoms with van der Waals surface area (Å²) in [6, 6.07) is 8.20. The number of benzene rings is 2. The SMILES string of the molecule is Cc1cccc(NC(=O)C2CCN(S(=O)(=O)c3ccc(F)c(F)c3)CC2)c1C. The van der Waals surface area contributed by atoms with Crippen LogP contribution in [0.4, 0.5) is 14.5 Å². The highest BCUT2D eigenvalue weighted by molar-refractivity contribution is 7.89. The first-order valence-electron chi connectivity index (χ1n) is 9.02. The van der Waals surface area contributed by atoms with Crippen LogP contribution in [0.25, 0.3) is 0 Å². The highest BCUT2D eigenvalue weighted by Gasteiger charge is 2.32. The minimum atomic E-state index is -3.93. The lowest BCUT2D eigenvalue weighted by atomic mass is 9.97. The minimum Gasteiger partial charge on any atom is -0.326 e. The Bertz CT molecular complexity index is 1000. The topological polar surface area (TPSA) is 66.5 Å². The van der Waals surface area contributed by atoms with Crippen molar-refractivity contribution in [3.8, 4) is 0 Å². The summed E-state index contributed by atoms with van der Waals surface area (Å²) >= 11 is 0. The molecular weight excluding hydrogens is 386 g/mol. The van der Waals surface area contributed by atoms with Gasteiger partial charge in [0, 0.05) is 24.7 Å². The summed E-state index contributed by atoms with van der Waals surface area (Å²) in [6.07, 6.45) is 0.721. The summed E-state index contributed by atoms with van der Waals surface area (Å²) in [5.41, 5.74) is 2.82. The summed E-state index contributed by atoms with van der Waals surface area (Å²) in [6.45, 7) is 4.19. The first-order valence-corrected chi connectivity index (χ1v) is 10.5. The number of piperidine rings is 1. The number of hydrogen-bond acceptors (Lipinski definition) is 3. The number of hydrogen-bond donors (Lipinski definition) is 1. The van der Waals surface area contributed by atoms with Gasteiger partial charge in [0.1, 0.15) is 0 Å². The van der Waals surface area contributed by atoms with Crippen LogP contribution in [-0.4, -0.2) is 31.7 Å². The highest BCUT2D eigenvalue weighted by atomic mass is 32.2. The molecule has 150 valence electrons. The van der Waals surface area contributed by atoms with Gasteiger partial charge in [0.05, 0.1) is 4.90 Å². The Morgan fingerprint density at radius 1 is 1.07 bits per heavy atom. The summed E-state index contributed by atoms with van der Waals surface area (Å²) in [5.74, 6) is -2.75. The van der Waals surface area contributed by atoms with Gasteiger partial charge in [-0.25, -0.2) is 17.2 Å². The summed E-state index contributed by atoms with van der Waals surface area (Å²) in [5, 5.41) is 2.92. The summed E-state index contributed by atoms with van der Waals surface area (Å²) in [7, 11) is -3.93. The van der Waals surface area contributed by atoms with Crippen molar-refractivity contribution in [1.29, 1.82) is 0 Å². The van der Waals surface area contributed by atoms with Crippen LogP contribution in [0, 0.1) is 31.4 Å². The second-order valence-corrected chi connectivity index (χ2v) is 8.93. The van der Waals surface area contributed by atoms with Crippen molar-refractivity contribution in [1.82, 2.24) is 4.31 Å². The van der Waals surface area contributed by atoms with Gasteiger partial charge in [-0.2, -0.15) is 4.31 Å². The number of nitrogens with one attached hydrogen (secondary N) is 1. The van der Waals surface area contributed by atoms with Crippen molar-refractivity contribution >= 4 is 21.6 Å². The molecule has 8 heteroatoms. The number of carbonyl (C=O) groups is 1. The summed E-state index contributed by atoms with van der Waals surface area (Å²) in [4.78, 5) is 12.3. The Hall–Kier alpha value is -2.32. The molecule has 0 radical (unpaired) electrons. The number of sulfonamides is 1. The smallest absolute Gasteiger partial charge is 0.243 e. The van der Waals surface area contributed by atoms with E-state index in [-0.39, 0.29) is 29.8 Å². The monoisotopic (exact) mass is 408 g/mol. The zero-order valence-electron chi connectivity index (χ0n) is 15.7. The molecule has 0 aromatic heterocycles. The lowest BCUT2D eigenvalue weighted by Crippen LogP contribution is -2.41. The van der Waals surface area contributed by atoms with Gasteiger partial charge in [0.15, 0.2) is 11.6 Å². The number of anilines is 1. The van der Waals surface area contributed by atoms with Crippen LogP contribution in [-0.2, 0) is 14.8 Å². The first-order chi connectivity index (χ1) is 13.2. The average molecular weight is 408 g/mol. The van der Waals surface area contributed by atoms with E-state index in [1.807, 2.05) is 32.0 Å². The molecule has 1 aliphatic heterocycles. The van der Waals surface area contributed by atoms with E-state index in [0.29, 0.717) is 18.9 Å². The van der Waals surface area contributed by atoms with Gasteiger partial charge < -0.3 is 5.32 Å². The van der Waals surface area contributed by atoms with E-state index < -0.39 is 21.7 Å². The molecule has 0 saturated carbocycles. The molecule has 2 aromatic rings. The lowest BCUT2D eigenvalue weighted by Gasteiger charge is -2.30. The van der Waals surface area contributed by atoms with Gasteiger partial charge in [0.25, 0.3) is 0 Å². The molecular formula is C20H22F2N2O3S. The fraction of sp³-hybridized carbons (Fsp3) is 0.350. The molecule has 0 atom stereocenters. The second-order valence-electron chi connectivity index (χ2n) is 6.99. The minimum absolute atomic E-state index is 0.140. The molecule has 0 bridgehead atoms. The molecule has 1 N–H and O–H groups in total. The maximum Gasteiger partial charge on any atom is 0.243 e. The number of amides is 1. The van der Waals surface area contributed by atoms with Crippen LogP contribution >= 0.6 is 0 Å². The van der Waals surface area contributed by atoms with E-state index in [4.69, 9.17) is 0 Å². The van der Waals surface area contributed by atoms with Crippen LogP contribution in [0.1, 0.15) is 24.0 Å². The van der Waals surface area contributed by atoms with Crippen molar-refractivity contribution in [2.24, 2.45) is 5.92 Å². The third-order valence-electron chi connectivity index (χ3n) is 5.22. The van der Waals surface area contributed by atoms with Crippen molar-refractivity contribution in [3.63, 3.8) is 0 Å². The number of aryl methyl sites for hydroxylation is 1. The fourth-order valence-corrected chi connectivity index (χ4v) is 4.75. The molecule has 3 rings (SSSR count). The second kappa shape index (κ2) is 7.97. The van der Waals surface area contributed by atoms with Crippen molar-refractivity contribution < 1.29 is 22.0 Å². The molecule has 0 aliphatic carbocycles. The standard InChI is InChI=1S/C20H22F2N2O3S/c1-13-4-3-5-19(14(13)2)23-20(25)15-8-10-24(11-9-15)28(26,27)16-6-7-17(21)18(22)12-16/h3-7,12,15H,8-11H2,1-2H3,(H,23,25). The van der Waals surface area contributed by atoms with E-state index in [1.165, 1.54) is 4.31 Å². The molecule has 1 aliphatic rings. The first kappa shape index (κ1) is 20.4. The van der Waals surface area contributed by atoms with E-state index >= 15 is 0 Å². The maximum absolute atomic E-state index is 13.4. The van der Waals surface area contributed by atoms with Gasteiger partial charge in [-0.1, -0.05) is 12.1 Å². The fourth-order valence-electron chi connectivity index (χ4n) is 3.27. The van der Waals surface area contributed by atoms with Crippen LogP contribution in [0.3, 0.4) is 0 Å². The molecule has 1 saturated heterocycles. The lowest BCUT2D eigenvalue weighted by molar-refractivity contribution is -0.120. The van der Waals surface area contributed by atoms with Crippen LogP contribution in [0.15, 0.2) is 41.3 Å². The molecule has 5 nitrogen and oxygen atoms in total. The number of nitrogens with zero attached hydrogens (tertiary/aromatic N) is 1. The zero-order chi connectivity index (χ0) is 20.5. The Labute approximate surface area is 163 Å². The molecule has 1 amide bonds. The Morgan fingerprint density at radius 3 is 2.39 bits per heavy atom. The van der Waals surface area contributed by atoms with Crippen molar-refractivity contribution in [2.45, 2.75) is 31.6 Å². The van der Waals surface area contributed by atoms with E-state index in [9.17, 15) is 22.0 Å².